The van der Waals surface area contributed by atoms with Crippen LogP contribution in [-0.4, -0.2) is 39.5 Å². The molecule has 1 aliphatic rings. The second-order valence-corrected chi connectivity index (χ2v) is 7.97. The quantitative estimate of drug-likeness (QED) is 0.926. The van der Waals surface area contributed by atoms with Crippen LogP contribution in [0.25, 0.3) is 0 Å². The molecule has 2 unspecified atom stereocenters. The summed E-state index contributed by atoms with van der Waals surface area (Å²) in [5, 5.41) is 0. The lowest BCUT2D eigenvalue weighted by Gasteiger charge is -2.34. The molecule has 2 N–H and O–H groups in total. The molecular weight excluding hydrogens is 266 g/mol. The third-order valence-corrected chi connectivity index (χ3v) is 5.51. The second-order valence-electron chi connectivity index (χ2n) is 6.17. The van der Waals surface area contributed by atoms with E-state index < -0.39 is 0 Å². The Labute approximate surface area is 127 Å². The zero-order valence-corrected chi connectivity index (χ0v) is 13.7. The molecule has 1 aliphatic heterocycles. The molecule has 0 aromatic carbocycles. The van der Waals surface area contributed by atoms with Crippen LogP contribution in [0.1, 0.15) is 45.3 Å². The van der Waals surface area contributed by atoms with Crippen molar-refractivity contribution in [3.8, 4) is 0 Å². The monoisotopic (exact) mass is 293 g/mol. The maximum Gasteiger partial charge on any atom is 0.0673 e. The average Bonchev–Trinajstić information content (AvgIpc) is 2.62. The van der Waals surface area contributed by atoms with Gasteiger partial charge >= 0.3 is 0 Å². The van der Waals surface area contributed by atoms with Gasteiger partial charge in [0.2, 0.25) is 0 Å². The molecule has 0 aliphatic carbocycles. The van der Waals surface area contributed by atoms with Crippen LogP contribution in [-0.2, 0) is 0 Å². The number of nitrogens with zero attached hydrogens (tertiary/aromatic N) is 2. The molecule has 3 nitrogen and oxygen atoms in total. The van der Waals surface area contributed by atoms with Crippen LogP contribution < -0.4 is 5.73 Å². The van der Waals surface area contributed by atoms with Crippen molar-refractivity contribution in [2.45, 2.75) is 50.4 Å². The zero-order valence-electron chi connectivity index (χ0n) is 12.9. The van der Waals surface area contributed by atoms with Crippen molar-refractivity contribution < 1.29 is 0 Å². The lowest BCUT2D eigenvalue weighted by atomic mass is 9.99. The third-order valence-electron chi connectivity index (χ3n) is 4.13. The molecule has 0 radical (unpaired) electrons. The number of hydrogen-bond donors (Lipinski definition) is 1. The van der Waals surface area contributed by atoms with Gasteiger partial charge < -0.3 is 5.73 Å². The molecule has 20 heavy (non-hydrogen) atoms. The number of rotatable bonds is 4. The lowest BCUT2D eigenvalue weighted by Crippen LogP contribution is -2.42. The Bertz CT molecular complexity index is 407. The van der Waals surface area contributed by atoms with Gasteiger partial charge in [0.15, 0.2) is 0 Å². The molecular formula is C16H27N3S. The Morgan fingerprint density at radius 2 is 2.20 bits per heavy atom. The Morgan fingerprint density at radius 1 is 1.40 bits per heavy atom. The van der Waals surface area contributed by atoms with Crippen molar-refractivity contribution in [1.29, 1.82) is 0 Å². The summed E-state index contributed by atoms with van der Waals surface area (Å²) in [6, 6.07) is 6.55. The molecule has 0 amide bonds. The summed E-state index contributed by atoms with van der Waals surface area (Å²) in [5.41, 5.74) is 7.53. The Hall–Kier alpha value is -0.580. The summed E-state index contributed by atoms with van der Waals surface area (Å²) >= 11 is 2.07. The predicted octanol–water partition coefficient (Wildman–Crippen LogP) is 3.08. The molecule has 2 rings (SSSR count). The van der Waals surface area contributed by atoms with Crippen LogP contribution >= 0.6 is 11.8 Å². The molecule has 1 saturated heterocycles. The first-order chi connectivity index (χ1) is 9.53. The van der Waals surface area contributed by atoms with Crippen LogP contribution in [0.15, 0.2) is 24.4 Å². The number of pyridine rings is 1. The third kappa shape index (κ3) is 3.96. The van der Waals surface area contributed by atoms with E-state index in [4.69, 9.17) is 5.73 Å². The van der Waals surface area contributed by atoms with Gasteiger partial charge in [0.25, 0.3) is 0 Å². The van der Waals surface area contributed by atoms with Gasteiger partial charge in [-0.1, -0.05) is 26.8 Å². The average molecular weight is 293 g/mol. The minimum Gasteiger partial charge on any atom is -0.326 e. The van der Waals surface area contributed by atoms with E-state index >= 15 is 0 Å². The predicted molar refractivity (Wildman–Crippen MR) is 88.0 cm³/mol. The maximum atomic E-state index is 6.41. The van der Waals surface area contributed by atoms with Crippen LogP contribution in [0.5, 0.6) is 0 Å². The molecule has 2 heterocycles. The van der Waals surface area contributed by atoms with Crippen molar-refractivity contribution in [3.05, 3.63) is 30.1 Å². The van der Waals surface area contributed by atoms with Crippen LogP contribution in [0.4, 0.5) is 0 Å². The van der Waals surface area contributed by atoms with E-state index in [9.17, 15) is 0 Å². The minimum absolute atomic E-state index is 0.149. The van der Waals surface area contributed by atoms with E-state index in [0.717, 1.165) is 25.2 Å². The Kier molecular flexibility index (Phi) is 5.47. The zero-order chi connectivity index (χ0) is 14.6. The second kappa shape index (κ2) is 6.92. The van der Waals surface area contributed by atoms with Gasteiger partial charge in [-0.3, -0.25) is 9.88 Å². The van der Waals surface area contributed by atoms with Crippen molar-refractivity contribution >= 4 is 11.8 Å². The highest BCUT2D eigenvalue weighted by Gasteiger charge is 2.31. The fourth-order valence-corrected chi connectivity index (χ4v) is 3.88. The highest BCUT2D eigenvalue weighted by atomic mass is 32.2. The number of nitrogens with two attached hydrogens (primary N) is 1. The van der Waals surface area contributed by atoms with Crippen LogP contribution in [0.3, 0.4) is 0 Å². The molecule has 0 bridgehead atoms. The number of thioether (sulfide) groups is 1. The summed E-state index contributed by atoms with van der Waals surface area (Å²) < 4.78 is 0.375. The van der Waals surface area contributed by atoms with Crippen molar-refractivity contribution in [1.82, 2.24) is 9.88 Å². The summed E-state index contributed by atoms with van der Waals surface area (Å²) in [7, 11) is 0. The maximum absolute atomic E-state index is 6.41. The van der Waals surface area contributed by atoms with E-state index in [0.29, 0.717) is 4.75 Å². The van der Waals surface area contributed by atoms with Crippen molar-refractivity contribution in [2.75, 3.05) is 18.8 Å². The number of hydrogen-bond acceptors (Lipinski definition) is 4. The van der Waals surface area contributed by atoms with Gasteiger partial charge in [-0.15, -0.1) is 0 Å². The molecule has 0 saturated carbocycles. The standard InChI is InChI=1S/C16H27N3S/c1-4-13(17)15(14-7-5-6-9-18-14)19-10-8-16(2,3)20-12-11-19/h5-7,9,13,15H,4,8,10-12,17H2,1-3H3. The van der Waals surface area contributed by atoms with Gasteiger partial charge in [-0.2, -0.15) is 11.8 Å². The number of aromatic nitrogens is 1. The molecule has 0 spiro atoms. The van der Waals surface area contributed by atoms with Gasteiger partial charge in [0.1, 0.15) is 0 Å². The van der Waals surface area contributed by atoms with E-state index in [1.807, 2.05) is 12.3 Å². The molecule has 1 aromatic heterocycles. The van der Waals surface area contributed by atoms with Crippen LogP contribution in [0, 0.1) is 0 Å². The van der Waals surface area contributed by atoms with E-state index in [1.165, 1.54) is 12.2 Å². The largest absolute Gasteiger partial charge is 0.326 e. The van der Waals surface area contributed by atoms with E-state index in [-0.39, 0.29) is 12.1 Å². The fraction of sp³-hybridized carbons (Fsp3) is 0.688. The highest BCUT2D eigenvalue weighted by molar-refractivity contribution is 8.00. The Morgan fingerprint density at radius 3 is 2.85 bits per heavy atom. The van der Waals surface area contributed by atoms with Crippen molar-refractivity contribution in [3.63, 3.8) is 0 Å². The van der Waals surface area contributed by atoms with Gasteiger partial charge in [-0.05, 0) is 25.0 Å². The molecule has 2 atom stereocenters. The SMILES string of the molecule is CCC(N)C(c1ccccn1)N1CCSC(C)(C)CC1. The minimum atomic E-state index is 0.149. The highest BCUT2D eigenvalue weighted by Crippen LogP contribution is 2.34. The lowest BCUT2D eigenvalue weighted by molar-refractivity contribution is 0.173. The normalized spacial score (nSPS) is 23.0. The topological polar surface area (TPSA) is 42.1 Å². The summed E-state index contributed by atoms with van der Waals surface area (Å²) in [6.07, 6.45) is 4.06. The molecule has 112 valence electrons. The van der Waals surface area contributed by atoms with Gasteiger partial charge in [-0.25, -0.2) is 0 Å². The molecule has 1 aromatic rings. The first kappa shape index (κ1) is 15.8. The van der Waals surface area contributed by atoms with E-state index in [2.05, 4.69) is 54.5 Å². The van der Waals surface area contributed by atoms with Gasteiger partial charge in [0, 0.05) is 35.8 Å². The molecule has 4 heteroatoms. The summed E-state index contributed by atoms with van der Waals surface area (Å²) in [4.78, 5) is 7.10. The first-order valence-corrected chi connectivity index (χ1v) is 8.56. The smallest absolute Gasteiger partial charge is 0.0673 e. The summed E-state index contributed by atoms with van der Waals surface area (Å²) in [5.74, 6) is 1.17. The fourth-order valence-electron chi connectivity index (χ4n) is 2.77. The van der Waals surface area contributed by atoms with Gasteiger partial charge in [0.05, 0.1) is 11.7 Å². The molecule has 1 fully saturated rings. The first-order valence-electron chi connectivity index (χ1n) is 7.58. The van der Waals surface area contributed by atoms with E-state index in [1.54, 1.807) is 0 Å². The van der Waals surface area contributed by atoms with Crippen molar-refractivity contribution in [2.24, 2.45) is 5.73 Å². The summed E-state index contributed by atoms with van der Waals surface area (Å²) in [6.45, 7) is 9.06. The Balaban J connectivity index is 2.19. The van der Waals surface area contributed by atoms with Crippen LogP contribution in [0.2, 0.25) is 0 Å².